The summed E-state index contributed by atoms with van der Waals surface area (Å²) in [6.07, 6.45) is 1.77. The Bertz CT molecular complexity index is 500. The highest BCUT2D eigenvalue weighted by Gasteiger charge is 2.39. The molecular weight excluding hydrogens is 260 g/mol. The number of amides is 2. The fourth-order valence-corrected chi connectivity index (χ4v) is 2.56. The Morgan fingerprint density at radius 3 is 2.80 bits per heavy atom. The van der Waals surface area contributed by atoms with E-state index >= 15 is 0 Å². The van der Waals surface area contributed by atoms with E-state index in [2.05, 4.69) is 5.10 Å². The monoisotopic (exact) mass is 280 g/mol. The van der Waals surface area contributed by atoms with Crippen LogP contribution in [0.5, 0.6) is 0 Å². The number of nitrogens with two attached hydrogens (primary N) is 1. The predicted octanol–water partition coefficient (Wildman–Crippen LogP) is -0.277. The van der Waals surface area contributed by atoms with Gasteiger partial charge in [0.05, 0.1) is 12.5 Å². The van der Waals surface area contributed by atoms with Gasteiger partial charge in [0.1, 0.15) is 5.69 Å². The zero-order chi connectivity index (χ0) is 14.7. The molecular formula is C13H20N4O3. The second-order valence-corrected chi connectivity index (χ2v) is 4.99. The molecule has 1 aromatic heterocycles. The third kappa shape index (κ3) is 2.82. The van der Waals surface area contributed by atoms with Gasteiger partial charge in [-0.25, -0.2) is 0 Å². The summed E-state index contributed by atoms with van der Waals surface area (Å²) in [6, 6.07) is 1.69. The van der Waals surface area contributed by atoms with Crippen LogP contribution in [0.2, 0.25) is 0 Å². The van der Waals surface area contributed by atoms with E-state index in [4.69, 9.17) is 10.5 Å². The summed E-state index contributed by atoms with van der Waals surface area (Å²) in [7, 11) is 1.57. The van der Waals surface area contributed by atoms with Crippen molar-refractivity contribution >= 4 is 11.8 Å². The molecule has 2 atom stereocenters. The molecule has 110 valence electrons. The maximum Gasteiger partial charge on any atom is 0.274 e. The lowest BCUT2D eigenvalue weighted by molar-refractivity contribution is -0.122. The van der Waals surface area contributed by atoms with Gasteiger partial charge in [-0.05, 0) is 13.0 Å². The van der Waals surface area contributed by atoms with E-state index in [-0.39, 0.29) is 23.7 Å². The summed E-state index contributed by atoms with van der Waals surface area (Å²) in [5, 5.41) is 4.19. The Morgan fingerprint density at radius 1 is 1.50 bits per heavy atom. The SMILES string of the molecule is CCn1ccc(C(=O)N2C[C@@H](COC)[C@H](C(N)=O)C2)n1. The smallest absolute Gasteiger partial charge is 0.274 e. The van der Waals surface area contributed by atoms with Crippen LogP contribution in [0.1, 0.15) is 17.4 Å². The number of methoxy groups -OCH3 is 1. The van der Waals surface area contributed by atoms with Crippen LogP contribution in [-0.2, 0) is 16.1 Å². The Balaban J connectivity index is 2.09. The van der Waals surface area contributed by atoms with Crippen molar-refractivity contribution in [1.82, 2.24) is 14.7 Å². The molecule has 1 aromatic rings. The number of likely N-dealkylation sites (tertiary alicyclic amines) is 1. The van der Waals surface area contributed by atoms with Crippen molar-refractivity contribution in [3.63, 3.8) is 0 Å². The number of nitrogens with zero attached hydrogens (tertiary/aromatic N) is 3. The average Bonchev–Trinajstić information content (AvgIpc) is 3.04. The highest BCUT2D eigenvalue weighted by atomic mass is 16.5. The molecule has 0 unspecified atom stereocenters. The van der Waals surface area contributed by atoms with E-state index in [9.17, 15) is 9.59 Å². The van der Waals surface area contributed by atoms with E-state index < -0.39 is 0 Å². The van der Waals surface area contributed by atoms with Crippen LogP contribution in [0.15, 0.2) is 12.3 Å². The third-order valence-electron chi connectivity index (χ3n) is 3.66. The summed E-state index contributed by atoms with van der Waals surface area (Å²) < 4.78 is 6.79. The Kier molecular flexibility index (Phi) is 4.39. The molecule has 0 bridgehead atoms. The zero-order valence-corrected chi connectivity index (χ0v) is 11.8. The summed E-state index contributed by atoms with van der Waals surface area (Å²) in [5.74, 6) is -0.953. The van der Waals surface area contributed by atoms with E-state index in [1.165, 1.54) is 0 Å². The lowest BCUT2D eigenvalue weighted by Gasteiger charge is -2.14. The minimum atomic E-state index is -0.388. The molecule has 2 amide bonds. The van der Waals surface area contributed by atoms with Gasteiger partial charge in [0.2, 0.25) is 5.91 Å². The quantitative estimate of drug-likeness (QED) is 0.803. The number of ether oxygens (including phenoxy) is 1. The number of carbonyl (C=O) groups excluding carboxylic acids is 2. The largest absolute Gasteiger partial charge is 0.384 e. The Labute approximate surface area is 117 Å². The Hall–Kier alpha value is -1.89. The molecule has 0 saturated carbocycles. The van der Waals surface area contributed by atoms with Crippen LogP contribution >= 0.6 is 0 Å². The lowest BCUT2D eigenvalue weighted by Crippen LogP contribution is -2.32. The summed E-state index contributed by atoms with van der Waals surface area (Å²) in [4.78, 5) is 25.4. The second-order valence-electron chi connectivity index (χ2n) is 4.99. The maximum atomic E-state index is 12.4. The first-order valence-electron chi connectivity index (χ1n) is 6.67. The lowest BCUT2D eigenvalue weighted by atomic mass is 9.96. The van der Waals surface area contributed by atoms with Crippen LogP contribution in [0.3, 0.4) is 0 Å². The first kappa shape index (κ1) is 14.5. The number of carbonyl (C=O) groups is 2. The molecule has 2 N–H and O–H groups in total. The van der Waals surface area contributed by atoms with Gasteiger partial charge in [-0.1, -0.05) is 0 Å². The molecule has 2 rings (SSSR count). The third-order valence-corrected chi connectivity index (χ3v) is 3.66. The molecule has 7 heteroatoms. The number of primary amides is 1. The van der Waals surface area contributed by atoms with Gasteiger partial charge < -0.3 is 15.4 Å². The minimum Gasteiger partial charge on any atom is -0.384 e. The summed E-state index contributed by atoms with van der Waals surface area (Å²) in [6.45, 7) is 3.89. The van der Waals surface area contributed by atoms with Gasteiger partial charge in [-0.15, -0.1) is 0 Å². The average molecular weight is 280 g/mol. The molecule has 1 fully saturated rings. The van der Waals surface area contributed by atoms with Crippen molar-refractivity contribution in [2.45, 2.75) is 13.5 Å². The highest BCUT2D eigenvalue weighted by Crippen LogP contribution is 2.24. The van der Waals surface area contributed by atoms with Gasteiger partial charge in [-0.3, -0.25) is 14.3 Å². The van der Waals surface area contributed by atoms with Crippen molar-refractivity contribution in [2.24, 2.45) is 17.6 Å². The normalized spacial score (nSPS) is 22.2. The van der Waals surface area contributed by atoms with E-state index in [0.29, 0.717) is 31.9 Å². The van der Waals surface area contributed by atoms with Gasteiger partial charge in [0.25, 0.3) is 5.91 Å². The molecule has 1 saturated heterocycles. The van der Waals surface area contributed by atoms with E-state index in [0.717, 1.165) is 0 Å². The molecule has 0 aromatic carbocycles. The van der Waals surface area contributed by atoms with Crippen molar-refractivity contribution in [2.75, 3.05) is 26.8 Å². The van der Waals surface area contributed by atoms with Gasteiger partial charge in [0, 0.05) is 38.9 Å². The van der Waals surface area contributed by atoms with Crippen LogP contribution in [0.25, 0.3) is 0 Å². The van der Waals surface area contributed by atoms with Crippen molar-refractivity contribution in [1.29, 1.82) is 0 Å². The molecule has 1 aliphatic rings. The Morgan fingerprint density at radius 2 is 2.25 bits per heavy atom. The van der Waals surface area contributed by atoms with Gasteiger partial charge >= 0.3 is 0 Å². The van der Waals surface area contributed by atoms with Crippen molar-refractivity contribution in [3.8, 4) is 0 Å². The van der Waals surface area contributed by atoms with Crippen LogP contribution < -0.4 is 5.73 Å². The fourth-order valence-electron chi connectivity index (χ4n) is 2.56. The standard InChI is InChI=1S/C13H20N4O3/c1-3-17-5-4-11(15-17)13(19)16-6-9(8-20-2)10(7-16)12(14)18/h4-5,9-10H,3,6-8H2,1-2H3,(H2,14,18)/t9-,10+/m0/s1. The molecule has 20 heavy (non-hydrogen) atoms. The van der Waals surface area contributed by atoms with Crippen LogP contribution in [0, 0.1) is 11.8 Å². The first-order valence-corrected chi connectivity index (χ1v) is 6.67. The van der Waals surface area contributed by atoms with Crippen LogP contribution in [-0.4, -0.2) is 53.3 Å². The predicted molar refractivity (Wildman–Crippen MR) is 71.9 cm³/mol. The zero-order valence-electron chi connectivity index (χ0n) is 11.8. The molecule has 7 nitrogen and oxygen atoms in total. The topological polar surface area (TPSA) is 90.5 Å². The summed E-state index contributed by atoms with van der Waals surface area (Å²) >= 11 is 0. The number of hydrogen-bond donors (Lipinski definition) is 1. The summed E-state index contributed by atoms with van der Waals surface area (Å²) in [5.41, 5.74) is 5.79. The van der Waals surface area contributed by atoms with Crippen LogP contribution in [0.4, 0.5) is 0 Å². The minimum absolute atomic E-state index is 0.0466. The van der Waals surface area contributed by atoms with Crippen molar-refractivity contribution < 1.29 is 14.3 Å². The fraction of sp³-hybridized carbons (Fsp3) is 0.615. The van der Waals surface area contributed by atoms with Crippen molar-refractivity contribution in [3.05, 3.63) is 18.0 Å². The molecule has 0 aliphatic carbocycles. The van der Waals surface area contributed by atoms with E-state index in [1.807, 2.05) is 6.92 Å². The number of aryl methyl sites for hydroxylation is 1. The highest BCUT2D eigenvalue weighted by molar-refractivity contribution is 5.93. The molecule has 0 radical (unpaired) electrons. The first-order chi connectivity index (χ1) is 9.56. The maximum absolute atomic E-state index is 12.4. The second kappa shape index (κ2) is 6.04. The van der Waals surface area contributed by atoms with Gasteiger partial charge in [0.15, 0.2) is 0 Å². The number of aromatic nitrogens is 2. The molecule has 2 heterocycles. The number of rotatable bonds is 5. The number of hydrogen-bond acceptors (Lipinski definition) is 4. The van der Waals surface area contributed by atoms with E-state index in [1.54, 1.807) is 29.0 Å². The molecule has 0 spiro atoms. The van der Waals surface area contributed by atoms with Gasteiger partial charge in [-0.2, -0.15) is 5.10 Å². The molecule has 1 aliphatic heterocycles.